The summed E-state index contributed by atoms with van der Waals surface area (Å²) in [5, 5.41) is 0. The zero-order valence-electron chi connectivity index (χ0n) is 55.0. The first-order valence-electron chi connectivity index (χ1n) is 33.5. The van der Waals surface area contributed by atoms with E-state index in [-0.39, 0.29) is 32.6 Å². The molecular weight excluding hydrogens is 1120 g/mol. The Morgan fingerprint density at radius 3 is 0.876 bits per heavy atom. The van der Waals surface area contributed by atoms with Gasteiger partial charge in [-0.3, -0.25) is 18.6 Å². The molecule has 2 unspecified atom stereocenters. The Labute approximate surface area is 542 Å². The summed E-state index contributed by atoms with van der Waals surface area (Å²) in [6, 6.07) is 0. The molecule has 10 heteroatoms. The van der Waals surface area contributed by atoms with Crippen molar-refractivity contribution in [3.63, 3.8) is 0 Å². The van der Waals surface area contributed by atoms with Crippen LogP contribution in [-0.2, 0) is 32.7 Å². The van der Waals surface area contributed by atoms with Gasteiger partial charge in [0.15, 0.2) is 6.10 Å². The maximum Gasteiger partial charge on any atom is 0.472 e. The number of phosphoric acid groups is 1. The lowest BCUT2D eigenvalue weighted by Crippen LogP contribution is -2.29. The van der Waals surface area contributed by atoms with Crippen LogP contribution in [0.1, 0.15) is 206 Å². The zero-order valence-corrected chi connectivity index (χ0v) is 55.9. The Hall–Kier alpha value is -6.19. The van der Waals surface area contributed by atoms with Crippen molar-refractivity contribution in [1.82, 2.24) is 0 Å². The Kier molecular flexibility index (Phi) is 66.0. The SMILES string of the molecule is CC/C=C\C/C=C\C/C=C\C/C=C\C/C=C\C/C=C\C/C=C\C/C=C\C/C=C\C/C=C\C/C=C\C/C=C\CCCCCCC(=O)OC(COC(=O)CCCC/C=C\C/C=C\C/C=C\C/C=C\C/C=C\C/C=C\C/C=C\C/C=C\CC)COP(=O)(O)OCCN. The fourth-order valence-electron chi connectivity index (χ4n) is 7.87. The Bertz CT molecular complexity index is 2360. The van der Waals surface area contributed by atoms with Crippen LogP contribution in [0.15, 0.2) is 243 Å². The summed E-state index contributed by atoms with van der Waals surface area (Å²) in [7, 11) is -4.43. The van der Waals surface area contributed by atoms with E-state index in [1.807, 2.05) is 0 Å². The van der Waals surface area contributed by atoms with Gasteiger partial charge in [-0.25, -0.2) is 4.57 Å². The van der Waals surface area contributed by atoms with Gasteiger partial charge in [-0.1, -0.05) is 270 Å². The van der Waals surface area contributed by atoms with Gasteiger partial charge in [0.25, 0.3) is 0 Å². The van der Waals surface area contributed by atoms with Crippen molar-refractivity contribution in [3.8, 4) is 0 Å². The van der Waals surface area contributed by atoms with Gasteiger partial charge >= 0.3 is 19.8 Å². The molecule has 0 fully saturated rings. The number of nitrogens with two attached hydrogens (primary N) is 1. The van der Waals surface area contributed by atoms with Gasteiger partial charge in [0.2, 0.25) is 0 Å². The lowest BCUT2D eigenvalue weighted by molar-refractivity contribution is -0.161. The molecule has 492 valence electrons. The highest BCUT2D eigenvalue weighted by Gasteiger charge is 2.26. The lowest BCUT2D eigenvalue weighted by Gasteiger charge is -2.19. The van der Waals surface area contributed by atoms with Gasteiger partial charge in [-0.05, 0) is 167 Å². The third-order valence-electron chi connectivity index (χ3n) is 12.7. The fourth-order valence-corrected chi connectivity index (χ4v) is 8.63. The molecule has 0 amide bonds. The first-order chi connectivity index (χ1) is 43.8. The normalized spacial score (nSPS) is 14.5. The molecular formula is C79H118NO8P. The van der Waals surface area contributed by atoms with Crippen LogP contribution in [0.5, 0.6) is 0 Å². The molecule has 0 spiro atoms. The van der Waals surface area contributed by atoms with E-state index in [0.29, 0.717) is 12.8 Å². The van der Waals surface area contributed by atoms with E-state index in [1.54, 1.807) is 0 Å². The molecule has 89 heavy (non-hydrogen) atoms. The zero-order chi connectivity index (χ0) is 64.4. The minimum absolute atomic E-state index is 0.0283. The number of esters is 2. The average molecular weight is 1240 g/mol. The number of hydrogen-bond acceptors (Lipinski definition) is 8. The third-order valence-corrected chi connectivity index (χ3v) is 13.7. The van der Waals surface area contributed by atoms with Crippen molar-refractivity contribution < 1.29 is 37.6 Å². The summed E-state index contributed by atoms with van der Waals surface area (Å²) in [5.74, 6) is -0.932. The van der Waals surface area contributed by atoms with E-state index in [1.165, 1.54) is 0 Å². The summed E-state index contributed by atoms with van der Waals surface area (Å²) < 4.78 is 33.0. The molecule has 0 aromatic heterocycles. The van der Waals surface area contributed by atoms with Crippen LogP contribution in [0.25, 0.3) is 0 Å². The van der Waals surface area contributed by atoms with Gasteiger partial charge in [-0.2, -0.15) is 0 Å². The van der Waals surface area contributed by atoms with Gasteiger partial charge in [-0.15, -0.1) is 0 Å². The van der Waals surface area contributed by atoms with E-state index < -0.39 is 32.5 Å². The predicted molar refractivity (Wildman–Crippen MR) is 384 cm³/mol. The molecule has 0 rings (SSSR count). The molecule has 0 bridgehead atoms. The molecule has 0 aliphatic rings. The molecule has 0 radical (unpaired) electrons. The largest absolute Gasteiger partial charge is 0.472 e. The van der Waals surface area contributed by atoms with Crippen molar-refractivity contribution in [3.05, 3.63) is 243 Å². The molecule has 2 atom stereocenters. The molecule has 0 heterocycles. The maximum absolute atomic E-state index is 12.7. The van der Waals surface area contributed by atoms with Crippen molar-refractivity contribution in [1.29, 1.82) is 0 Å². The molecule has 0 saturated carbocycles. The minimum atomic E-state index is -4.43. The third kappa shape index (κ3) is 70.8. The van der Waals surface area contributed by atoms with E-state index in [9.17, 15) is 19.0 Å². The van der Waals surface area contributed by atoms with Crippen molar-refractivity contribution >= 4 is 19.8 Å². The average Bonchev–Trinajstić information content (AvgIpc) is 3.58. The lowest BCUT2D eigenvalue weighted by atomic mass is 10.1. The number of rotatable bonds is 59. The van der Waals surface area contributed by atoms with Gasteiger partial charge in [0.05, 0.1) is 13.2 Å². The molecule has 0 aliphatic heterocycles. The fraction of sp³-hybridized carbons (Fsp3) is 0.468. The smallest absolute Gasteiger partial charge is 0.462 e. The van der Waals surface area contributed by atoms with E-state index in [0.717, 1.165) is 167 Å². The Morgan fingerprint density at radius 1 is 0.337 bits per heavy atom. The van der Waals surface area contributed by atoms with Crippen molar-refractivity contribution in [2.75, 3.05) is 26.4 Å². The van der Waals surface area contributed by atoms with Crippen molar-refractivity contribution in [2.24, 2.45) is 5.73 Å². The van der Waals surface area contributed by atoms with E-state index in [2.05, 4.69) is 257 Å². The summed E-state index contributed by atoms with van der Waals surface area (Å²) in [4.78, 5) is 35.3. The van der Waals surface area contributed by atoms with Crippen LogP contribution in [0.4, 0.5) is 0 Å². The molecule has 0 aromatic rings. The topological polar surface area (TPSA) is 134 Å². The van der Waals surface area contributed by atoms with Crippen molar-refractivity contribution in [2.45, 2.75) is 213 Å². The van der Waals surface area contributed by atoms with Gasteiger partial charge in [0, 0.05) is 19.4 Å². The van der Waals surface area contributed by atoms with E-state index >= 15 is 0 Å². The number of unbranched alkanes of at least 4 members (excludes halogenated alkanes) is 6. The molecule has 9 nitrogen and oxygen atoms in total. The van der Waals surface area contributed by atoms with Crippen LogP contribution >= 0.6 is 7.82 Å². The molecule has 0 aromatic carbocycles. The first kappa shape index (κ1) is 82.8. The monoisotopic (exact) mass is 1240 g/mol. The van der Waals surface area contributed by atoms with Crippen LogP contribution in [0.3, 0.4) is 0 Å². The summed E-state index contributed by atoms with van der Waals surface area (Å²) in [5.41, 5.74) is 5.39. The number of carbonyl (C=O) groups excluding carboxylic acids is 2. The minimum Gasteiger partial charge on any atom is -0.462 e. The second-order valence-corrected chi connectivity index (χ2v) is 22.3. The van der Waals surface area contributed by atoms with Crippen LogP contribution < -0.4 is 5.73 Å². The van der Waals surface area contributed by atoms with Crippen LogP contribution in [-0.4, -0.2) is 49.3 Å². The highest BCUT2D eigenvalue weighted by Crippen LogP contribution is 2.43. The second-order valence-electron chi connectivity index (χ2n) is 20.9. The van der Waals surface area contributed by atoms with Gasteiger partial charge < -0.3 is 20.1 Å². The first-order valence-corrected chi connectivity index (χ1v) is 35.0. The summed E-state index contributed by atoms with van der Waals surface area (Å²) >= 11 is 0. The second kappa shape index (κ2) is 70.9. The number of ether oxygens (including phenoxy) is 2. The van der Waals surface area contributed by atoms with E-state index in [4.69, 9.17) is 24.3 Å². The maximum atomic E-state index is 12.7. The molecule has 0 aliphatic carbocycles. The number of carbonyl (C=O) groups is 2. The van der Waals surface area contributed by atoms with Gasteiger partial charge in [0.1, 0.15) is 6.61 Å². The Balaban J connectivity index is 4.15. The highest BCUT2D eigenvalue weighted by atomic mass is 31.2. The Morgan fingerprint density at radius 2 is 0.584 bits per heavy atom. The standard InChI is InChI=1S/C79H118NO8P/c1-3-5-7-9-11-13-15-17-19-21-23-25-27-29-31-32-33-34-35-36-37-38-39-40-41-42-43-44-46-48-50-52-54-56-58-60-62-64-66-68-70-72-79(82)88-77(76-87-89(83,84)86-74-73-80)75-85-78(81)71-69-67-65-63-61-59-57-55-53-51-49-47-45-30-28-26-24-22-20-18-16-14-12-10-8-6-4-2/h5-8,11-14,17-20,23-26,29-31,33-34,36-37,39-40,42-43,45-46,48-49,51-52,54-55,57-58,60-61,63,77H,3-4,9-10,15-16,21-22,27-28,32,35,38,41,44,47,50,53,56,59,62,64-76,80H2,1-2H3,(H,83,84)/b7-5-,8-6-,13-11-,14-12-,19-17-,20-18-,25-23-,26-24-,31-29-,34-33-,37-36-,40-39-,43-42-,45-30-,48-46-,51-49-,54-52-,57-55-,60-58-,63-61-. The quantitative estimate of drug-likeness (QED) is 0.0264. The number of phosphoric ester groups is 1. The van der Waals surface area contributed by atoms with Crippen LogP contribution in [0, 0.1) is 0 Å². The molecule has 3 N–H and O–H groups in total. The molecule has 0 saturated heterocycles. The van der Waals surface area contributed by atoms with Crippen LogP contribution in [0.2, 0.25) is 0 Å². The number of hydrogen-bond donors (Lipinski definition) is 2. The summed E-state index contributed by atoms with van der Waals surface area (Å²) in [6.07, 6.45) is 114. The summed E-state index contributed by atoms with van der Waals surface area (Å²) in [6.45, 7) is 3.39. The predicted octanol–water partition coefficient (Wildman–Crippen LogP) is 22.4. The highest BCUT2D eigenvalue weighted by molar-refractivity contribution is 7.47. The number of allylic oxidation sites excluding steroid dienone is 40.